The number of likely N-dealkylation sites (tertiary alicyclic amines) is 1. The molecule has 3 aromatic carbocycles. The number of carbonyl (C=O) groups is 3. The average molecular weight is 853 g/mol. The van der Waals surface area contributed by atoms with Crippen molar-refractivity contribution in [3.8, 4) is 5.69 Å². The van der Waals surface area contributed by atoms with Crippen LogP contribution < -0.4 is 15.8 Å². The molecular formula is C48H55ClF2N6O4. The maximum atomic E-state index is 14.8. The number of hydrogen-bond donors (Lipinski definition) is 1. The molecule has 0 bridgehead atoms. The number of amides is 3. The molecule has 13 heteroatoms. The highest BCUT2D eigenvalue weighted by molar-refractivity contribution is 6.35. The van der Waals surface area contributed by atoms with E-state index in [1.54, 1.807) is 6.07 Å². The average Bonchev–Trinajstić information content (AvgIpc) is 3.52. The third kappa shape index (κ3) is 7.88. The van der Waals surface area contributed by atoms with Gasteiger partial charge in [0.25, 0.3) is 5.56 Å². The predicted octanol–water partition coefficient (Wildman–Crippen LogP) is 8.13. The van der Waals surface area contributed by atoms with Gasteiger partial charge in [-0.15, -0.1) is 0 Å². The van der Waals surface area contributed by atoms with Crippen LogP contribution in [0.5, 0.6) is 0 Å². The van der Waals surface area contributed by atoms with Crippen molar-refractivity contribution in [1.82, 2.24) is 24.7 Å². The molecule has 2 aliphatic carbocycles. The largest absolute Gasteiger partial charge is 0.368 e. The molecule has 4 aliphatic heterocycles. The number of nitrogens with one attached hydrogen (secondary N) is 1. The van der Waals surface area contributed by atoms with Crippen LogP contribution in [0.4, 0.5) is 14.5 Å². The number of aromatic nitrogens is 2. The van der Waals surface area contributed by atoms with Crippen LogP contribution in [0.25, 0.3) is 16.6 Å². The Kier molecular flexibility index (Phi) is 11.8. The van der Waals surface area contributed by atoms with Gasteiger partial charge < -0.3 is 14.7 Å². The lowest BCUT2D eigenvalue weighted by atomic mass is 9.69. The van der Waals surface area contributed by atoms with Gasteiger partial charge in [-0.1, -0.05) is 68.3 Å². The number of halogens is 3. The molecule has 4 aromatic rings. The lowest BCUT2D eigenvalue weighted by molar-refractivity contribution is -0.137. The molecule has 5 heterocycles. The summed E-state index contributed by atoms with van der Waals surface area (Å²) in [5, 5.41) is 3.17. The van der Waals surface area contributed by atoms with E-state index in [9.17, 15) is 28.0 Å². The fourth-order valence-electron chi connectivity index (χ4n) is 11.1. The van der Waals surface area contributed by atoms with Crippen LogP contribution in [0.3, 0.4) is 0 Å². The summed E-state index contributed by atoms with van der Waals surface area (Å²) in [5.74, 6) is -1.78. The zero-order valence-corrected chi connectivity index (χ0v) is 35.8. The maximum absolute atomic E-state index is 14.8. The van der Waals surface area contributed by atoms with Crippen molar-refractivity contribution < 1.29 is 23.2 Å². The lowest BCUT2D eigenvalue weighted by Crippen LogP contribution is -2.50. The van der Waals surface area contributed by atoms with E-state index < -0.39 is 29.4 Å². The van der Waals surface area contributed by atoms with E-state index in [0.717, 1.165) is 63.0 Å². The molecule has 322 valence electrons. The Labute approximate surface area is 360 Å². The molecule has 3 saturated heterocycles. The Morgan fingerprint density at radius 2 is 1.51 bits per heavy atom. The number of piperazine rings is 1. The first-order chi connectivity index (χ1) is 29.5. The van der Waals surface area contributed by atoms with Crippen LogP contribution in [0.2, 0.25) is 5.02 Å². The van der Waals surface area contributed by atoms with Crippen molar-refractivity contribution in [3.05, 3.63) is 98.1 Å². The van der Waals surface area contributed by atoms with Gasteiger partial charge in [0.2, 0.25) is 17.7 Å². The number of hydrogen-bond acceptors (Lipinski definition) is 7. The highest BCUT2D eigenvalue weighted by atomic mass is 35.5. The number of anilines is 1. The number of rotatable bonds is 4. The van der Waals surface area contributed by atoms with Crippen LogP contribution in [-0.4, -0.2) is 83.4 Å². The molecule has 10 rings (SSSR count). The molecule has 1 unspecified atom stereocenters. The first kappa shape index (κ1) is 41.7. The SMILES string of the molecule is CN1CCC(c2ccc3c(c2)-n2c(nc(=O)c4c(Cl)cccc42)C32CCCCC2)CC1.O=C1CCC(c2c(F)cc(N3CCN(C(=O)C4CCCCC4)CC3)cc2F)C(=O)N1. The van der Waals surface area contributed by atoms with Crippen LogP contribution in [0.15, 0.2) is 53.3 Å². The molecule has 1 atom stereocenters. The second-order valence-electron chi connectivity index (χ2n) is 18.2. The van der Waals surface area contributed by atoms with E-state index >= 15 is 0 Å². The summed E-state index contributed by atoms with van der Waals surface area (Å²) in [5.41, 5.74) is 4.66. The van der Waals surface area contributed by atoms with E-state index in [1.165, 1.54) is 67.5 Å². The summed E-state index contributed by atoms with van der Waals surface area (Å²) in [6.45, 7) is 4.38. The summed E-state index contributed by atoms with van der Waals surface area (Å²) in [6, 6.07) is 15.4. The molecule has 6 aliphatic rings. The second kappa shape index (κ2) is 17.2. The Morgan fingerprint density at radius 3 is 2.20 bits per heavy atom. The van der Waals surface area contributed by atoms with Gasteiger partial charge in [0.05, 0.1) is 32.9 Å². The summed E-state index contributed by atoms with van der Waals surface area (Å²) in [7, 11) is 2.21. The summed E-state index contributed by atoms with van der Waals surface area (Å²) in [4.78, 5) is 59.9. The van der Waals surface area contributed by atoms with Gasteiger partial charge in [-0.3, -0.25) is 29.1 Å². The molecule has 10 nitrogen and oxygen atoms in total. The van der Waals surface area contributed by atoms with Crippen LogP contribution in [0, 0.1) is 17.6 Å². The fraction of sp³-hybridized carbons (Fsp3) is 0.521. The van der Waals surface area contributed by atoms with Crippen LogP contribution in [-0.2, 0) is 19.8 Å². The predicted molar refractivity (Wildman–Crippen MR) is 233 cm³/mol. The topological polar surface area (TPSA) is 108 Å². The van der Waals surface area contributed by atoms with Gasteiger partial charge >= 0.3 is 0 Å². The van der Waals surface area contributed by atoms with Gasteiger partial charge in [0, 0.05) is 49.8 Å². The van der Waals surface area contributed by atoms with Crippen LogP contribution >= 0.6 is 11.6 Å². The molecule has 1 spiro atoms. The quantitative estimate of drug-likeness (QED) is 0.207. The van der Waals surface area contributed by atoms with Crippen molar-refractivity contribution >= 4 is 45.9 Å². The smallest absolute Gasteiger partial charge is 0.282 e. The van der Waals surface area contributed by atoms with E-state index in [0.29, 0.717) is 48.2 Å². The van der Waals surface area contributed by atoms with Gasteiger partial charge in [-0.25, -0.2) is 8.78 Å². The summed E-state index contributed by atoms with van der Waals surface area (Å²) >= 11 is 6.48. The molecule has 2 saturated carbocycles. The first-order valence-corrected chi connectivity index (χ1v) is 22.8. The minimum Gasteiger partial charge on any atom is -0.368 e. The maximum Gasteiger partial charge on any atom is 0.282 e. The summed E-state index contributed by atoms with van der Waals surface area (Å²) < 4.78 is 31.8. The Balaban J connectivity index is 0.000000156. The van der Waals surface area contributed by atoms with Crippen molar-refractivity contribution in [2.45, 2.75) is 107 Å². The lowest BCUT2D eigenvalue weighted by Gasteiger charge is -2.38. The van der Waals surface area contributed by atoms with Crippen molar-refractivity contribution in [1.29, 1.82) is 0 Å². The Bertz CT molecular complexity index is 2390. The number of benzene rings is 3. The Morgan fingerprint density at radius 1 is 0.820 bits per heavy atom. The Hall–Kier alpha value is -4.68. The van der Waals surface area contributed by atoms with E-state index in [2.05, 4.69) is 40.0 Å². The number of imide groups is 1. The standard InChI is InChI=1S/C26H28ClN3O.C22H27F2N3O3/c1-29-14-10-17(11-15-29)18-8-9-19-22(16-18)30-21-7-5-6-20(27)23(21)24(31)28-25(30)26(19)12-3-2-4-13-26;23-17-12-15(13-18(24)20(17)16-6-7-19(28)25-21(16)29)26-8-10-27(11-9-26)22(30)14-4-2-1-3-5-14/h5-9,16-17H,2-4,10-15H2,1H3;12-14,16H,1-11H2,(H,25,28,29). The van der Waals surface area contributed by atoms with Crippen molar-refractivity contribution in [3.63, 3.8) is 0 Å². The number of carbonyl (C=O) groups excluding carboxylic acids is 3. The third-order valence-corrected chi connectivity index (χ3v) is 14.8. The van der Waals surface area contributed by atoms with Gasteiger partial charge in [-0.05, 0) is 112 Å². The highest BCUT2D eigenvalue weighted by Gasteiger charge is 2.47. The number of nitrogens with zero attached hydrogens (tertiary/aromatic N) is 5. The number of piperidine rings is 2. The molecule has 5 fully saturated rings. The molecule has 61 heavy (non-hydrogen) atoms. The minimum atomic E-state index is -0.998. The normalized spacial score (nSPS) is 22.1. The van der Waals surface area contributed by atoms with E-state index in [4.69, 9.17) is 16.6 Å². The highest BCUT2D eigenvalue weighted by Crippen LogP contribution is 2.52. The van der Waals surface area contributed by atoms with Crippen molar-refractivity contribution in [2.75, 3.05) is 51.2 Å². The van der Waals surface area contributed by atoms with E-state index in [1.807, 2.05) is 21.9 Å². The third-order valence-electron chi connectivity index (χ3n) is 14.5. The van der Waals surface area contributed by atoms with Crippen LogP contribution in [0.1, 0.15) is 124 Å². The van der Waals surface area contributed by atoms with Gasteiger partial charge in [0.1, 0.15) is 17.5 Å². The van der Waals surface area contributed by atoms with Gasteiger partial charge in [-0.2, -0.15) is 4.98 Å². The molecule has 1 N–H and O–H groups in total. The van der Waals surface area contributed by atoms with Crippen molar-refractivity contribution in [2.24, 2.45) is 5.92 Å². The fourth-order valence-corrected chi connectivity index (χ4v) is 11.4. The minimum absolute atomic E-state index is 0.0635. The first-order valence-electron chi connectivity index (χ1n) is 22.4. The second-order valence-corrected chi connectivity index (χ2v) is 18.6. The number of fused-ring (bicyclic) bond motifs is 7. The zero-order chi connectivity index (χ0) is 42.4. The van der Waals surface area contributed by atoms with Gasteiger partial charge in [0.15, 0.2) is 0 Å². The molecule has 1 aromatic heterocycles. The molecule has 3 amide bonds. The molecule has 0 radical (unpaired) electrons. The van der Waals surface area contributed by atoms with E-state index in [-0.39, 0.29) is 41.2 Å². The molecular weight excluding hydrogens is 798 g/mol. The zero-order valence-electron chi connectivity index (χ0n) is 35.0. The summed E-state index contributed by atoms with van der Waals surface area (Å²) in [6.07, 6.45) is 13.6. The monoisotopic (exact) mass is 852 g/mol.